The van der Waals surface area contributed by atoms with E-state index in [0.717, 1.165) is 34.2 Å². The zero-order chi connectivity index (χ0) is 24.2. The molecule has 0 unspecified atom stereocenters. The maximum absolute atomic E-state index is 13.4. The smallest absolute Gasteiger partial charge is 0.275 e. The number of thiophene rings is 1. The Labute approximate surface area is 206 Å². The number of amides is 1. The number of rotatable bonds is 4. The number of hydrogen-bond donors (Lipinski definition) is 1. The maximum atomic E-state index is 13.4. The number of nitrogens with one attached hydrogen (secondary N) is 1. The second-order valence-electron chi connectivity index (χ2n) is 9.20. The van der Waals surface area contributed by atoms with Crippen LogP contribution < -0.4 is 10.3 Å². The first-order chi connectivity index (χ1) is 16.9. The number of carbonyl (C=O) groups is 1. The minimum Gasteiger partial charge on any atom is -0.338 e. The largest absolute Gasteiger partial charge is 0.338 e. The molecule has 2 aliphatic rings. The Morgan fingerprint density at radius 1 is 0.943 bits per heavy atom. The fourth-order valence-corrected chi connectivity index (χ4v) is 7.36. The van der Waals surface area contributed by atoms with Gasteiger partial charge in [0.05, 0.1) is 0 Å². The number of benzene rings is 2. The molecule has 2 bridgehead atoms. The monoisotopic (exact) mass is 505 g/mol. The summed E-state index contributed by atoms with van der Waals surface area (Å²) in [5.74, 6) is 0.164. The van der Waals surface area contributed by atoms with Crippen LogP contribution in [0.4, 0.5) is 5.69 Å². The van der Waals surface area contributed by atoms with Gasteiger partial charge in [0.1, 0.15) is 9.90 Å². The van der Waals surface area contributed by atoms with Gasteiger partial charge >= 0.3 is 0 Å². The van der Waals surface area contributed by atoms with Gasteiger partial charge in [0, 0.05) is 36.8 Å². The summed E-state index contributed by atoms with van der Waals surface area (Å²) in [6, 6.07) is 20.3. The molecule has 1 amide bonds. The molecule has 1 N–H and O–H groups in total. The standard InChI is InChI=1S/C26H23N3O4S2/c30-25(20-8-7-18-4-1-2-5-19(18)13-20)28-14-17-12-21(16-28)23-10-9-22(26(31)29(23)15-17)27-35(32,33)24-6-3-11-34-24/h1-11,13,17,21,27H,12,14-16H2/t17-,21+/m0/s1. The molecule has 4 heterocycles. The summed E-state index contributed by atoms with van der Waals surface area (Å²) < 4.78 is 29.5. The summed E-state index contributed by atoms with van der Waals surface area (Å²) in [6.45, 7) is 1.56. The van der Waals surface area contributed by atoms with Gasteiger partial charge in [-0.3, -0.25) is 14.3 Å². The van der Waals surface area contributed by atoms with Crippen molar-refractivity contribution in [2.24, 2.45) is 5.92 Å². The van der Waals surface area contributed by atoms with E-state index < -0.39 is 10.0 Å². The Hall–Kier alpha value is -3.43. The van der Waals surface area contributed by atoms with E-state index in [9.17, 15) is 18.0 Å². The van der Waals surface area contributed by atoms with Crippen molar-refractivity contribution in [2.45, 2.75) is 23.1 Å². The summed E-state index contributed by atoms with van der Waals surface area (Å²) in [5, 5.41) is 3.81. The predicted molar refractivity (Wildman–Crippen MR) is 137 cm³/mol. The third-order valence-electron chi connectivity index (χ3n) is 6.89. The van der Waals surface area contributed by atoms with Crippen molar-refractivity contribution in [1.29, 1.82) is 0 Å². The lowest BCUT2D eigenvalue weighted by Gasteiger charge is -2.43. The molecule has 4 aromatic rings. The topological polar surface area (TPSA) is 88.5 Å². The number of fused-ring (bicyclic) bond motifs is 5. The molecule has 9 heteroatoms. The first-order valence-corrected chi connectivity index (χ1v) is 13.8. The molecule has 0 spiro atoms. The van der Waals surface area contributed by atoms with Crippen LogP contribution in [0.3, 0.4) is 0 Å². The van der Waals surface area contributed by atoms with Crippen molar-refractivity contribution in [3.05, 3.63) is 93.7 Å². The first-order valence-electron chi connectivity index (χ1n) is 11.5. The maximum Gasteiger partial charge on any atom is 0.275 e. The van der Waals surface area contributed by atoms with Gasteiger partial charge in [0.25, 0.3) is 21.5 Å². The highest BCUT2D eigenvalue weighted by molar-refractivity contribution is 7.94. The average Bonchev–Trinajstić information content (AvgIpc) is 3.41. The van der Waals surface area contributed by atoms with E-state index in [4.69, 9.17) is 0 Å². The summed E-state index contributed by atoms with van der Waals surface area (Å²) in [7, 11) is -3.80. The van der Waals surface area contributed by atoms with Gasteiger partial charge in [-0.25, -0.2) is 8.42 Å². The van der Waals surface area contributed by atoms with Crippen LogP contribution in [0.15, 0.2) is 81.1 Å². The summed E-state index contributed by atoms with van der Waals surface area (Å²) in [6.07, 6.45) is 0.904. The van der Waals surface area contributed by atoms with E-state index >= 15 is 0 Å². The molecular weight excluding hydrogens is 482 g/mol. The molecule has 0 saturated carbocycles. The van der Waals surface area contributed by atoms with Gasteiger partial charge in [-0.2, -0.15) is 0 Å². The summed E-state index contributed by atoms with van der Waals surface area (Å²) in [5.41, 5.74) is 1.22. The second-order valence-corrected chi connectivity index (χ2v) is 12.1. The zero-order valence-corrected chi connectivity index (χ0v) is 20.4. The Bertz CT molecular complexity index is 1610. The van der Waals surface area contributed by atoms with E-state index in [-0.39, 0.29) is 33.2 Å². The fourth-order valence-electron chi connectivity index (χ4n) is 5.31. The minimum absolute atomic E-state index is 0.00146. The van der Waals surface area contributed by atoms with Crippen LogP contribution in [0.5, 0.6) is 0 Å². The molecule has 1 saturated heterocycles. The minimum atomic E-state index is -3.80. The molecule has 0 radical (unpaired) electrons. The van der Waals surface area contributed by atoms with E-state index in [0.29, 0.717) is 25.2 Å². The van der Waals surface area contributed by atoms with Gasteiger partial charge in [0.15, 0.2) is 0 Å². The third-order valence-corrected chi connectivity index (χ3v) is 9.66. The van der Waals surface area contributed by atoms with E-state index in [1.165, 1.54) is 6.07 Å². The van der Waals surface area contributed by atoms with E-state index in [1.807, 2.05) is 53.4 Å². The number of hydrogen-bond acceptors (Lipinski definition) is 5. The molecule has 2 aromatic carbocycles. The van der Waals surface area contributed by atoms with Crippen LogP contribution in [0.25, 0.3) is 10.8 Å². The SMILES string of the molecule is O=C(c1ccc2ccccc2c1)N1C[C@@H]2C[C@H](C1)c1ccc(NS(=O)(=O)c3cccs3)c(=O)n1C2. The lowest BCUT2D eigenvalue weighted by Crippen LogP contribution is -2.49. The number of pyridine rings is 1. The van der Waals surface area contributed by atoms with Crippen molar-refractivity contribution < 1.29 is 13.2 Å². The summed E-state index contributed by atoms with van der Waals surface area (Å²) >= 11 is 1.10. The molecule has 7 nitrogen and oxygen atoms in total. The molecule has 178 valence electrons. The lowest BCUT2D eigenvalue weighted by molar-refractivity contribution is 0.0595. The van der Waals surface area contributed by atoms with Gasteiger partial charge < -0.3 is 9.47 Å². The van der Waals surface area contributed by atoms with Crippen molar-refractivity contribution in [3.63, 3.8) is 0 Å². The number of nitrogens with zero attached hydrogens (tertiary/aromatic N) is 2. The zero-order valence-electron chi connectivity index (χ0n) is 18.8. The fraction of sp³-hybridized carbons (Fsp3) is 0.231. The van der Waals surface area contributed by atoms with Gasteiger partial charge in [0.2, 0.25) is 0 Å². The quantitative estimate of drug-likeness (QED) is 0.452. The van der Waals surface area contributed by atoms with Crippen LogP contribution in [-0.2, 0) is 16.6 Å². The molecular formula is C26H23N3O4S2. The average molecular weight is 506 g/mol. The van der Waals surface area contributed by atoms with Crippen molar-refractivity contribution >= 4 is 43.7 Å². The van der Waals surface area contributed by atoms with Gasteiger partial charge in [-0.05, 0) is 58.8 Å². The van der Waals surface area contributed by atoms with Crippen LogP contribution in [0, 0.1) is 5.92 Å². The van der Waals surface area contributed by atoms with Crippen LogP contribution >= 0.6 is 11.3 Å². The first kappa shape index (κ1) is 22.1. The normalized spacial score (nSPS) is 19.4. The Morgan fingerprint density at radius 2 is 1.77 bits per heavy atom. The highest BCUT2D eigenvalue weighted by Crippen LogP contribution is 2.36. The lowest BCUT2D eigenvalue weighted by atomic mass is 9.83. The Balaban J connectivity index is 1.26. The van der Waals surface area contributed by atoms with Crippen molar-refractivity contribution in [3.8, 4) is 0 Å². The third kappa shape index (κ3) is 3.94. The Kier molecular flexibility index (Phi) is 5.26. The Morgan fingerprint density at radius 3 is 2.57 bits per heavy atom. The van der Waals surface area contributed by atoms with Gasteiger partial charge in [-0.15, -0.1) is 11.3 Å². The van der Waals surface area contributed by atoms with E-state index in [1.54, 1.807) is 22.1 Å². The van der Waals surface area contributed by atoms with Crippen LogP contribution in [0.2, 0.25) is 0 Å². The number of anilines is 1. The molecule has 2 aliphatic heterocycles. The molecule has 6 rings (SSSR count). The molecule has 2 atom stereocenters. The second kappa shape index (κ2) is 8.35. The number of sulfonamides is 1. The number of aromatic nitrogens is 1. The number of piperidine rings is 1. The van der Waals surface area contributed by atoms with Crippen LogP contribution in [-0.4, -0.2) is 36.9 Å². The van der Waals surface area contributed by atoms with Crippen molar-refractivity contribution in [1.82, 2.24) is 9.47 Å². The molecule has 2 aromatic heterocycles. The van der Waals surface area contributed by atoms with Crippen molar-refractivity contribution in [2.75, 3.05) is 17.8 Å². The number of carbonyl (C=O) groups excluding carboxylic acids is 1. The molecule has 0 aliphatic carbocycles. The predicted octanol–water partition coefficient (Wildman–Crippen LogP) is 4.12. The van der Waals surface area contributed by atoms with Crippen LogP contribution in [0.1, 0.15) is 28.4 Å². The highest BCUT2D eigenvalue weighted by Gasteiger charge is 2.37. The highest BCUT2D eigenvalue weighted by atomic mass is 32.2. The molecule has 35 heavy (non-hydrogen) atoms. The van der Waals surface area contributed by atoms with Gasteiger partial charge in [-0.1, -0.05) is 36.4 Å². The number of likely N-dealkylation sites (tertiary alicyclic amines) is 1. The summed E-state index contributed by atoms with van der Waals surface area (Å²) in [4.78, 5) is 28.5. The van der Waals surface area contributed by atoms with E-state index in [2.05, 4.69) is 4.72 Å². The molecule has 1 fully saturated rings.